The van der Waals surface area contributed by atoms with Gasteiger partial charge in [-0.3, -0.25) is 4.90 Å². The summed E-state index contributed by atoms with van der Waals surface area (Å²) in [4.78, 5) is 3.82. The topological polar surface area (TPSA) is 42.2 Å². The van der Waals surface area contributed by atoms with Crippen LogP contribution in [0.3, 0.4) is 0 Å². The molecular weight excluding hydrogens is 330 g/mol. The summed E-state index contributed by atoms with van der Waals surface area (Å²) in [6.45, 7) is 1.74. The second-order valence-electron chi connectivity index (χ2n) is 5.62. The minimum absolute atomic E-state index is 0.464. The Morgan fingerprint density at radius 3 is 2.96 bits per heavy atom. The molecule has 0 unspecified atom stereocenters. The summed E-state index contributed by atoms with van der Waals surface area (Å²) in [6.07, 6.45) is 2.39. The van der Waals surface area contributed by atoms with E-state index < -0.39 is 0 Å². The smallest absolute Gasteiger partial charge is 0.249 e. The SMILES string of the molecule is Clc1ccccc1-c1nnc(CN2CCC[C@H]2c2cccs2)o1. The summed E-state index contributed by atoms with van der Waals surface area (Å²) >= 11 is 8.00. The maximum atomic E-state index is 6.19. The van der Waals surface area contributed by atoms with Gasteiger partial charge in [-0.1, -0.05) is 29.8 Å². The molecule has 4 rings (SSSR count). The van der Waals surface area contributed by atoms with E-state index in [1.165, 1.54) is 17.7 Å². The predicted octanol–water partition coefficient (Wildman–Crippen LogP) is 4.79. The first kappa shape index (κ1) is 14.9. The van der Waals surface area contributed by atoms with Gasteiger partial charge in [-0.2, -0.15) is 0 Å². The molecule has 1 fully saturated rings. The average molecular weight is 346 g/mol. The molecule has 0 aliphatic carbocycles. The van der Waals surface area contributed by atoms with Gasteiger partial charge in [0.15, 0.2) is 0 Å². The minimum Gasteiger partial charge on any atom is -0.419 e. The van der Waals surface area contributed by atoms with Crippen molar-refractivity contribution in [1.82, 2.24) is 15.1 Å². The van der Waals surface area contributed by atoms with Crippen LogP contribution in [0.2, 0.25) is 5.02 Å². The predicted molar refractivity (Wildman–Crippen MR) is 91.4 cm³/mol. The van der Waals surface area contributed by atoms with E-state index in [1.807, 2.05) is 35.6 Å². The maximum absolute atomic E-state index is 6.19. The molecule has 6 heteroatoms. The van der Waals surface area contributed by atoms with Crippen molar-refractivity contribution in [2.24, 2.45) is 0 Å². The fraction of sp³-hybridized carbons (Fsp3) is 0.294. The van der Waals surface area contributed by atoms with Crippen molar-refractivity contribution >= 4 is 22.9 Å². The van der Waals surface area contributed by atoms with Gasteiger partial charge >= 0.3 is 0 Å². The van der Waals surface area contributed by atoms with Crippen LogP contribution in [-0.4, -0.2) is 21.6 Å². The van der Waals surface area contributed by atoms with Crippen molar-refractivity contribution in [3.05, 3.63) is 57.6 Å². The molecule has 0 amide bonds. The highest BCUT2D eigenvalue weighted by molar-refractivity contribution is 7.10. The third kappa shape index (κ3) is 3.04. The summed E-state index contributed by atoms with van der Waals surface area (Å²) in [5.41, 5.74) is 0.782. The monoisotopic (exact) mass is 345 g/mol. The van der Waals surface area contributed by atoms with Crippen LogP contribution in [0.4, 0.5) is 0 Å². The van der Waals surface area contributed by atoms with E-state index in [4.69, 9.17) is 16.0 Å². The lowest BCUT2D eigenvalue weighted by Crippen LogP contribution is -2.22. The summed E-state index contributed by atoms with van der Waals surface area (Å²) in [5, 5.41) is 11.1. The lowest BCUT2D eigenvalue weighted by Gasteiger charge is -2.21. The minimum atomic E-state index is 0.464. The Hall–Kier alpha value is -1.69. The highest BCUT2D eigenvalue weighted by atomic mass is 35.5. The van der Waals surface area contributed by atoms with Gasteiger partial charge in [0.1, 0.15) is 0 Å². The van der Waals surface area contributed by atoms with Crippen LogP contribution in [0.15, 0.2) is 46.2 Å². The molecule has 23 heavy (non-hydrogen) atoms. The van der Waals surface area contributed by atoms with Gasteiger partial charge < -0.3 is 4.42 Å². The number of aromatic nitrogens is 2. The number of hydrogen-bond donors (Lipinski definition) is 0. The zero-order valence-electron chi connectivity index (χ0n) is 12.5. The lowest BCUT2D eigenvalue weighted by atomic mass is 10.2. The fourth-order valence-electron chi connectivity index (χ4n) is 3.05. The van der Waals surface area contributed by atoms with Crippen molar-refractivity contribution in [3.63, 3.8) is 0 Å². The number of rotatable bonds is 4. The Morgan fingerprint density at radius 2 is 2.13 bits per heavy atom. The first-order valence-electron chi connectivity index (χ1n) is 7.66. The summed E-state index contributed by atoms with van der Waals surface area (Å²) in [7, 11) is 0. The molecule has 0 spiro atoms. The standard InChI is InChI=1S/C17H16ClN3OS/c18-13-6-2-1-5-12(13)17-20-19-16(22-17)11-21-9-3-7-14(21)15-8-4-10-23-15/h1-2,4-6,8,10,14H,3,7,9,11H2/t14-/m0/s1. The Labute approximate surface area is 143 Å². The molecule has 0 bridgehead atoms. The molecule has 1 aromatic carbocycles. The molecule has 118 valence electrons. The second kappa shape index (κ2) is 6.43. The Bertz CT molecular complexity index is 787. The Kier molecular flexibility index (Phi) is 4.16. The van der Waals surface area contributed by atoms with Crippen molar-refractivity contribution < 1.29 is 4.42 Å². The fourth-order valence-corrected chi connectivity index (χ4v) is 4.17. The van der Waals surface area contributed by atoms with Gasteiger partial charge in [0.05, 0.1) is 17.1 Å². The maximum Gasteiger partial charge on any atom is 0.249 e. The van der Waals surface area contributed by atoms with Gasteiger partial charge in [0.25, 0.3) is 0 Å². The van der Waals surface area contributed by atoms with Crippen molar-refractivity contribution in [3.8, 4) is 11.5 Å². The molecule has 3 heterocycles. The summed E-state index contributed by atoms with van der Waals surface area (Å²) in [5.74, 6) is 1.13. The largest absolute Gasteiger partial charge is 0.419 e. The average Bonchev–Trinajstić information content (AvgIpc) is 3.29. The lowest BCUT2D eigenvalue weighted by molar-refractivity contribution is 0.227. The van der Waals surface area contributed by atoms with E-state index >= 15 is 0 Å². The molecule has 3 aromatic rings. The third-order valence-electron chi connectivity index (χ3n) is 4.14. The number of benzene rings is 1. The summed E-state index contributed by atoms with van der Waals surface area (Å²) in [6, 6.07) is 12.3. The van der Waals surface area contributed by atoms with E-state index in [0.717, 1.165) is 12.1 Å². The van der Waals surface area contributed by atoms with Crippen molar-refractivity contribution in [2.75, 3.05) is 6.54 Å². The van der Waals surface area contributed by atoms with Crippen LogP contribution in [-0.2, 0) is 6.54 Å². The molecule has 0 N–H and O–H groups in total. The van der Waals surface area contributed by atoms with Crippen LogP contribution >= 0.6 is 22.9 Å². The normalized spacial score (nSPS) is 18.6. The molecule has 1 aliphatic rings. The van der Waals surface area contributed by atoms with Gasteiger partial charge in [-0.25, -0.2) is 0 Å². The van der Waals surface area contributed by atoms with E-state index in [0.29, 0.717) is 29.4 Å². The number of hydrogen-bond acceptors (Lipinski definition) is 5. The second-order valence-corrected chi connectivity index (χ2v) is 7.01. The van der Waals surface area contributed by atoms with Crippen LogP contribution in [0, 0.1) is 0 Å². The van der Waals surface area contributed by atoms with Crippen molar-refractivity contribution in [2.45, 2.75) is 25.4 Å². The third-order valence-corrected chi connectivity index (χ3v) is 5.45. The summed E-state index contributed by atoms with van der Waals surface area (Å²) < 4.78 is 5.83. The van der Waals surface area contributed by atoms with Crippen LogP contribution in [0.5, 0.6) is 0 Å². The first-order chi connectivity index (χ1) is 11.3. The van der Waals surface area contributed by atoms with Crippen LogP contribution in [0.25, 0.3) is 11.5 Å². The molecular formula is C17H16ClN3OS. The highest BCUT2D eigenvalue weighted by Crippen LogP contribution is 2.35. The Morgan fingerprint density at radius 1 is 1.22 bits per heavy atom. The van der Waals surface area contributed by atoms with Crippen molar-refractivity contribution in [1.29, 1.82) is 0 Å². The number of nitrogens with zero attached hydrogens (tertiary/aromatic N) is 3. The van der Waals surface area contributed by atoms with Gasteiger partial charge in [-0.05, 0) is 43.0 Å². The van der Waals surface area contributed by atoms with Gasteiger partial charge in [0.2, 0.25) is 11.8 Å². The molecule has 1 saturated heterocycles. The van der Waals surface area contributed by atoms with E-state index in [9.17, 15) is 0 Å². The van der Waals surface area contributed by atoms with Gasteiger partial charge in [-0.15, -0.1) is 21.5 Å². The highest BCUT2D eigenvalue weighted by Gasteiger charge is 2.28. The zero-order chi connectivity index (χ0) is 15.6. The molecule has 1 aliphatic heterocycles. The number of thiophene rings is 1. The number of halogens is 1. The van der Waals surface area contributed by atoms with E-state index in [2.05, 4.69) is 32.6 Å². The molecule has 4 nitrogen and oxygen atoms in total. The quantitative estimate of drug-likeness (QED) is 0.681. The van der Waals surface area contributed by atoms with Crippen LogP contribution < -0.4 is 0 Å². The Balaban J connectivity index is 1.53. The van der Waals surface area contributed by atoms with Crippen LogP contribution in [0.1, 0.15) is 29.7 Å². The molecule has 0 radical (unpaired) electrons. The zero-order valence-corrected chi connectivity index (χ0v) is 14.1. The molecule has 1 atom stereocenters. The molecule has 0 saturated carbocycles. The first-order valence-corrected chi connectivity index (χ1v) is 8.92. The number of likely N-dealkylation sites (tertiary alicyclic amines) is 1. The molecule has 2 aromatic heterocycles. The van der Waals surface area contributed by atoms with Gasteiger partial charge in [0, 0.05) is 10.9 Å². The van der Waals surface area contributed by atoms with E-state index in [1.54, 1.807) is 0 Å². The van der Waals surface area contributed by atoms with E-state index in [-0.39, 0.29) is 0 Å².